The van der Waals surface area contributed by atoms with Gasteiger partial charge in [-0.25, -0.2) is 4.39 Å². The number of ether oxygens (including phenoxy) is 1. The van der Waals surface area contributed by atoms with Gasteiger partial charge < -0.3 is 15.6 Å². The van der Waals surface area contributed by atoms with Crippen LogP contribution in [0, 0.1) is 12.7 Å². The van der Waals surface area contributed by atoms with Crippen molar-refractivity contribution in [3.05, 3.63) is 23.6 Å². The van der Waals surface area contributed by atoms with Gasteiger partial charge in [0.25, 0.3) is 0 Å². The molecule has 18 heavy (non-hydrogen) atoms. The van der Waals surface area contributed by atoms with Crippen molar-refractivity contribution in [1.29, 1.82) is 0 Å². The van der Waals surface area contributed by atoms with Gasteiger partial charge in [0.05, 0.1) is 13.3 Å². The van der Waals surface area contributed by atoms with Gasteiger partial charge in [-0.3, -0.25) is 4.68 Å². The Bertz CT molecular complexity index is 608. The van der Waals surface area contributed by atoms with Crippen LogP contribution in [-0.4, -0.2) is 22.0 Å². The van der Waals surface area contributed by atoms with Crippen LogP contribution >= 0.6 is 0 Å². The number of rotatable bonds is 2. The highest BCUT2D eigenvalue weighted by Gasteiger charge is 2.19. The van der Waals surface area contributed by atoms with E-state index in [1.54, 1.807) is 14.0 Å². The normalized spacial score (nSPS) is 10.7. The zero-order valence-corrected chi connectivity index (χ0v) is 10.4. The van der Waals surface area contributed by atoms with Gasteiger partial charge in [0.15, 0.2) is 17.3 Å². The molecule has 1 heterocycles. The Morgan fingerprint density at radius 2 is 2.11 bits per heavy atom. The number of aryl methyl sites for hydroxylation is 1. The van der Waals surface area contributed by atoms with Crippen LogP contribution in [0.25, 0.3) is 11.1 Å². The van der Waals surface area contributed by atoms with E-state index in [0.29, 0.717) is 22.5 Å². The molecule has 0 aliphatic heterocycles. The lowest BCUT2D eigenvalue weighted by molar-refractivity contribution is 0.350. The summed E-state index contributed by atoms with van der Waals surface area (Å²) in [5.41, 5.74) is 7.41. The fourth-order valence-corrected chi connectivity index (χ4v) is 1.84. The Hall–Kier alpha value is -2.24. The number of nitrogens with zero attached hydrogens (tertiary/aromatic N) is 2. The number of methoxy groups -OCH3 is 1. The van der Waals surface area contributed by atoms with Gasteiger partial charge in [-0.05, 0) is 18.6 Å². The van der Waals surface area contributed by atoms with Crippen molar-refractivity contribution in [2.45, 2.75) is 6.92 Å². The summed E-state index contributed by atoms with van der Waals surface area (Å²) in [5.74, 6) is -0.629. The Balaban J connectivity index is 2.70. The van der Waals surface area contributed by atoms with Crippen LogP contribution in [0.15, 0.2) is 12.3 Å². The molecule has 0 spiro atoms. The molecule has 0 fully saturated rings. The van der Waals surface area contributed by atoms with E-state index in [1.807, 2.05) is 0 Å². The number of phenols is 1. The fraction of sp³-hybridized carbons (Fsp3) is 0.250. The maximum absolute atomic E-state index is 13.8. The molecule has 0 atom stereocenters. The van der Waals surface area contributed by atoms with E-state index in [9.17, 15) is 9.50 Å². The summed E-state index contributed by atoms with van der Waals surface area (Å²) < 4.78 is 20.0. The molecule has 1 aromatic carbocycles. The smallest absolute Gasteiger partial charge is 0.196 e. The fourth-order valence-electron chi connectivity index (χ4n) is 1.84. The SMILES string of the molecule is COc1c(F)cc(-c2cnn(C)c2N)c(C)c1O. The van der Waals surface area contributed by atoms with Gasteiger partial charge in [-0.2, -0.15) is 5.10 Å². The summed E-state index contributed by atoms with van der Waals surface area (Å²) >= 11 is 0. The Morgan fingerprint density at radius 3 is 2.61 bits per heavy atom. The molecule has 0 aliphatic rings. The first-order chi connectivity index (χ1) is 8.47. The molecule has 2 rings (SSSR count). The second-order valence-corrected chi connectivity index (χ2v) is 3.98. The van der Waals surface area contributed by atoms with Crippen LogP contribution in [0.2, 0.25) is 0 Å². The summed E-state index contributed by atoms with van der Waals surface area (Å²) in [7, 11) is 2.99. The first-order valence-electron chi connectivity index (χ1n) is 5.31. The van der Waals surface area contributed by atoms with Gasteiger partial charge in [-0.1, -0.05) is 0 Å². The third-order valence-electron chi connectivity index (χ3n) is 2.94. The lowest BCUT2D eigenvalue weighted by Crippen LogP contribution is -1.99. The van der Waals surface area contributed by atoms with Crippen LogP contribution < -0.4 is 10.5 Å². The van der Waals surface area contributed by atoms with Crippen molar-refractivity contribution in [3.8, 4) is 22.6 Å². The van der Waals surface area contributed by atoms with Crippen molar-refractivity contribution in [2.75, 3.05) is 12.8 Å². The van der Waals surface area contributed by atoms with Crippen LogP contribution in [0.1, 0.15) is 5.56 Å². The highest BCUT2D eigenvalue weighted by molar-refractivity contribution is 5.78. The molecule has 0 saturated carbocycles. The lowest BCUT2D eigenvalue weighted by atomic mass is 10.0. The minimum Gasteiger partial charge on any atom is -0.504 e. The highest BCUT2D eigenvalue weighted by Crippen LogP contribution is 2.40. The number of phenolic OH excluding ortho intramolecular Hbond substituents is 1. The molecular formula is C12H14FN3O2. The summed E-state index contributed by atoms with van der Waals surface area (Å²) in [6.45, 7) is 1.67. The number of nitrogen functional groups attached to an aromatic ring is 1. The van der Waals surface area contributed by atoms with Crippen molar-refractivity contribution < 1.29 is 14.2 Å². The highest BCUT2D eigenvalue weighted by atomic mass is 19.1. The Morgan fingerprint density at radius 1 is 1.44 bits per heavy atom. The zero-order valence-electron chi connectivity index (χ0n) is 10.4. The lowest BCUT2D eigenvalue weighted by Gasteiger charge is -2.12. The van der Waals surface area contributed by atoms with Crippen molar-refractivity contribution >= 4 is 5.82 Å². The number of hydrogen-bond acceptors (Lipinski definition) is 4. The van der Waals surface area contributed by atoms with E-state index in [0.717, 1.165) is 0 Å². The quantitative estimate of drug-likeness (QED) is 0.854. The molecular weight excluding hydrogens is 237 g/mol. The topological polar surface area (TPSA) is 73.3 Å². The van der Waals surface area contributed by atoms with E-state index in [-0.39, 0.29) is 11.5 Å². The maximum atomic E-state index is 13.8. The predicted octanol–water partition coefficient (Wildman–Crippen LogP) is 1.83. The molecule has 5 nitrogen and oxygen atoms in total. The average Bonchev–Trinajstić information content (AvgIpc) is 2.66. The molecule has 0 aliphatic carbocycles. The van der Waals surface area contributed by atoms with Gasteiger partial charge >= 0.3 is 0 Å². The van der Waals surface area contributed by atoms with Gasteiger partial charge in [0.1, 0.15) is 5.82 Å². The molecule has 2 aromatic rings. The third kappa shape index (κ3) is 1.66. The number of benzene rings is 1. The van der Waals surface area contributed by atoms with Crippen molar-refractivity contribution in [3.63, 3.8) is 0 Å². The molecule has 3 N–H and O–H groups in total. The van der Waals surface area contributed by atoms with Crippen LogP contribution in [-0.2, 0) is 7.05 Å². The predicted molar refractivity (Wildman–Crippen MR) is 66.0 cm³/mol. The molecule has 0 unspecified atom stereocenters. The molecule has 96 valence electrons. The van der Waals surface area contributed by atoms with Crippen LogP contribution in [0.3, 0.4) is 0 Å². The number of nitrogens with two attached hydrogens (primary N) is 1. The summed E-state index contributed by atoms with van der Waals surface area (Å²) in [5, 5.41) is 13.9. The second kappa shape index (κ2) is 4.21. The van der Waals surface area contributed by atoms with Crippen LogP contribution in [0.5, 0.6) is 11.5 Å². The number of aromatic hydroxyl groups is 1. The van der Waals surface area contributed by atoms with Gasteiger partial charge in [0, 0.05) is 18.2 Å². The van der Waals surface area contributed by atoms with Gasteiger partial charge in [0.2, 0.25) is 0 Å². The standard InChI is InChI=1S/C12H14FN3O2/c1-6-7(8-5-15-16(2)12(8)14)4-9(13)11(18-3)10(6)17/h4-5,17H,14H2,1-3H3. The van der Waals surface area contributed by atoms with Gasteiger partial charge in [-0.15, -0.1) is 0 Å². The van der Waals surface area contributed by atoms with Crippen molar-refractivity contribution in [1.82, 2.24) is 9.78 Å². The van der Waals surface area contributed by atoms with E-state index in [1.165, 1.54) is 24.1 Å². The maximum Gasteiger partial charge on any atom is 0.196 e. The Labute approximate surface area is 104 Å². The summed E-state index contributed by atoms with van der Waals surface area (Å²) in [4.78, 5) is 0. The number of halogens is 1. The van der Waals surface area contributed by atoms with Crippen LogP contribution in [0.4, 0.5) is 10.2 Å². The van der Waals surface area contributed by atoms with E-state index in [2.05, 4.69) is 5.10 Å². The number of anilines is 1. The summed E-state index contributed by atoms with van der Waals surface area (Å²) in [6, 6.07) is 1.28. The van der Waals surface area contributed by atoms with E-state index < -0.39 is 5.82 Å². The summed E-state index contributed by atoms with van der Waals surface area (Å²) in [6.07, 6.45) is 1.53. The molecule has 0 saturated heterocycles. The zero-order chi connectivity index (χ0) is 13.4. The van der Waals surface area contributed by atoms with Crippen molar-refractivity contribution in [2.24, 2.45) is 7.05 Å². The molecule has 6 heteroatoms. The number of aromatic nitrogens is 2. The molecule has 0 radical (unpaired) electrons. The first-order valence-corrected chi connectivity index (χ1v) is 5.31. The first kappa shape index (κ1) is 12.2. The van der Waals surface area contributed by atoms with E-state index >= 15 is 0 Å². The Kier molecular flexibility index (Phi) is 2.86. The van der Waals surface area contributed by atoms with E-state index in [4.69, 9.17) is 10.5 Å². The molecule has 0 amide bonds. The monoisotopic (exact) mass is 251 g/mol. The number of hydrogen-bond donors (Lipinski definition) is 2. The second-order valence-electron chi connectivity index (χ2n) is 3.98. The molecule has 0 bridgehead atoms. The minimum atomic E-state index is -0.640. The largest absolute Gasteiger partial charge is 0.504 e. The average molecular weight is 251 g/mol. The minimum absolute atomic E-state index is 0.168. The molecule has 1 aromatic heterocycles. The third-order valence-corrected chi connectivity index (χ3v) is 2.94.